The molecule has 1 rings (SSSR count). The number of alkyl halides is 2. The van der Waals surface area contributed by atoms with Crippen LogP contribution in [0.5, 0.6) is 0 Å². The van der Waals surface area contributed by atoms with Crippen LogP contribution in [-0.4, -0.2) is 52.8 Å². The van der Waals surface area contributed by atoms with Gasteiger partial charge in [0.25, 0.3) is 6.43 Å². The van der Waals surface area contributed by atoms with E-state index in [0.717, 1.165) is 15.6 Å². The molecule has 1 heterocycles. The lowest BCUT2D eigenvalue weighted by atomic mass is 10.4. The lowest BCUT2D eigenvalue weighted by Gasteiger charge is -2.20. The van der Waals surface area contributed by atoms with E-state index in [2.05, 4.69) is 4.98 Å². The Morgan fingerprint density at radius 1 is 1.63 bits per heavy atom. The minimum atomic E-state index is -2.58. The molecule has 0 aliphatic rings. The van der Waals surface area contributed by atoms with E-state index < -0.39 is 13.0 Å². The van der Waals surface area contributed by atoms with Crippen LogP contribution in [0.15, 0.2) is 5.38 Å². The zero-order valence-corrected chi connectivity index (χ0v) is 12.1. The molecule has 0 spiro atoms. The van der Waals surface area contributed by atoms with Gasteiger partial charge in [-0.2, -0.15) is 0 Å². The summed E-state index contributed by atoms with van der Waals surface area (Å²) in [5.41, 5.74) is 0.892. The second-order valence-corrected chi connectivity index (χ2v) is 5.85. The molecule has 4 nitrogen and oxygen atoms in total. The van der Waals surface area contributed by atoms with E-state index in [0.29, 0.717) is 5.75 Å². The molecule has 0 saturated heterocycles. The van der Waals surface area contributed by atoms with Gasteiger partial charge in [0, 0.05) is 17.7 Å². The number of thiazole rings is 1. The molecule has 1 N–H and O–H groups in total. The number of carbonyl (C=O) groups excluding carboxylic acids is 1. The van der Waals surface area contributed by atoms with Crippen molar-refractivity contribution < 1.29 is 18.7 Å². The number of aryl methyl sites for hydroxylation is 1. The van der Waals surface area contributed by atoms with E-state index in [1.54, 1.807) is 0 Å². The van der Waals surface area contributed by atoms with Crippen molar-refractivity contribution in [2.45, 2.75) is 19.1 Å². The summed E-state index contributed by atoms with van der Waals surface area (Å²) < 4.78 is 24.5. The van der Waals surface area contributed by atoms with Gasteiger partial charge in [-0.25, -0.2) is 13.8 Å². The SMILES string of the molecule is Cc1nc(CSCC(=O)N(CCO)CC(F)F)cs1. The average Bonchev–Trinajstić information content (AvgIpc) is 2.74. The number of amides is 1. The Hall–Kier alpha value is -0.730. The van der Waals surface area contributed by atoms with Gasteiger partial charge < -0.3 is 10.0 Å². The van der Waals surface area contributed by atoms with Gasteiger partial charge in [-0.1, -0.05) is 0 Å². The molecule has 0 atom stereocenters. The fourth-order valence-corrected chi connectivity index (χ4v) is 2.95. The van der Waals surface area contributed by atoms with Gasteiger partial charge in [0.1, 0.15) is 0 Å². The number of thioether (sulfide) groups is 1. The van der Waals surface area contributed by atoms with Crippen molar-refractivity contribution in [3.8, 4) is 0 Å². The van der Waals surface area contributed by atoms with Crippen LogP contribution in [0.25, 0.3) is 0 Å². The van der Waals surface area contributed by atoms with E-state index in [9.17, 15) is 13.6 Å². The molecule has 0 radical (unpaired) electrons. The highest BCUT2D eigenvalue weighted by Crippen LogP contribution is 2.15. The minimum Gasteiger partial charge on any atom is -0.395 e. The Balaban J connectivity index is 2.35. The second kappa shape index (κ2) is 8.44. The number of hydrogen-bond acceptors (Lipinski definition) is 5. The fraction of sp³-hybridized carbons (Fsp3) is 0.636. The first-order valence-corrected chi connectivity index (χ1v) is 7.72. The first kappa shape index (κ1) is 16.3. The molecule has 0 saturated carbocycles. The molecule has 0 aromatic carbocycles. The van der Waals surface area contributed by atoms with Crippen LogP contribution < -0.4 is 0 Å². The number of aliphatic hydroxyl groups is 1. The lowest BCUT2D eigenvalue weighted by molar-refractivity contribution is -0.130. The number of aromatic nitrogens is 1. The highest BCUT2D eigenvalue weighted by Gasteiger charge is 2.17. The largest absolute Gasteiger partial charge is 0.395 e. The lowest BCUT2D eigenvalue weighted by Crippen LogP contribution is -2.38. The Morgan fingerprint density at radius 3 is 2.89 bits per heavy atom. The normalized spacial score (nSPS) is 11.0. The number of hydrogen-bond donors (Lipinski definition) is 1. The molecule has 0 fully saturated rings. The maximum Gasteiger partial charge on any atom is 0.255 e. The van der Waals surface area contributed by atoms with Crippen molar-refractivity contribution in [2.75, 3.05) is 25.4 Å². The van der Waals surface area contributed by atoms with Crippen LogP contribution in [0, 0.1) is 6.92 Å². The summed E-state index contributed by atoms with van der Waals surface area (Å²) in [6.45, 7) is 0.902. The van der Waals surface area contributed by atoms with Crippen molar-refractivity contribution in [1.29, 1.82) is 0 Å². The predicted octanol–water partition coefficient (Wildman–Crippen LogP) is 1.77. The van der Waals surface area contributed by atoms with Gasteiger partial charge in [0.2, 0.25) is 5.91 Å². The zero-order chi connectivity index (χ0) is 14.3. The molecule has 0 aliphatic heterocycles. The summed E-state index contributed by atoms with van der Waals surface area (Å²) in [6, 6.07) is 0. The number of carbonyl (C=O) groups is 1. The Kier molecular flexibility index (Phi) is 7.25. The van der Waals surface area contributed by atoms with Crippen LogP contribution >= 0.6 is 23.1 Å². The first-order chi connectivity index (χ1) is 9.02. The molecule has 8 heteroatoms. The monoisotopic (exact) mass is 310 g/mol. The number of nitrogens with zero attached hydrogens (tertiary/aromatic N) is 2. The van der Waals surface area contributed by atoms with E-state index in [4.69, 9.17) is 5.11 Å². The van der Waals surface area contributed by atoms with Gasteiger partial charge >= 0.3 is 0 Å². The summed E-state index contributed by atoms with van der Waals surface area (Å²) >= 11 is 2.87. The van der Waals surface area contributed by atoms with Crippen LogP contribution in [0.4, 0.5) is 8.78 Å². The third kappa shape index (κ3) is 6.31. The van der Waals surface area contributed by atoms with Gasteiger partial charge in [0.15, 0.2) is 0 Å². The molecule has 108 valence electrons. The Bertz CT molecular complexity index is 402. The maximum atomic E-state index is 12.3. The van der Waals surface area contributed by atoms with Crippen molar-refractivity contribution in [3.05, 3.63) is 16.1 Å². The van der Waals surface area contributed by atoms with E-state index in [-0.39, 0.29) is 24.8 Å². The smallest absolute Gasteiger partial charge is 0.255 e. The van der Waals surface area contributed by atoms with Crippen LogP contribution in [0.2, 0.25) is 0 Å². The summed E-state index contributed by atoms with van der Waals surface area (Å²) in [7, 11) is 0. The molecule has 1 aromatic heterocycles. The highest BCUT2D eigenvalue weighted by molar-refractivity contribution is 7.99. The summed E-state index contributed by atoms with van der Waals surface area (Å²) in [5, 5.41) is 11.6. The zero-order valence-electron chi connectivity index (χ0n) is 10.5. The molecule has 1 aromatic rings. The first-order valence-electron chi connectivity index (χ1n) is 5.68. The van der Waals surface area contributed by atoms with Crippen LogP contribution in [0.1, 0.15) is 10.7 Å². The second-order valence-electron chi connectivity index (χ2n) is 3.81. The van der Waals surface area contributed by atoms with E-state index in [1.165, 1.54) is 23.1 Å². The molecule has 1 amide bonds. The molecular formula is C11H16F2N2O2S2. The fourth-order valence-electron chi connectivity index (χ4n) is 1.41. The molecular weight excluding hydrogens is 294 g/mol. The number of aliphatic hydroxyl groups excluding tert-OH is 1. The van der Waals surface area contributed by atoms with E-state index in [1.807, 2.05) is 12.3 Å². The summed E-state index contributed by atoms with van der Waals surface area (Å²) in [6.07, 6.45) is -2.58. The maximum absolute atomic E-state index is 12.3. The van der Waals surface area contributed by atoms with Gasteiger partial charge in [0.05, 0.1) is 29.6 Å². The highest BCUT2D eigenvalue weighted by atomic mass is 32.2. The average molecular weight is 310 g/mol. The van der Waals surface area contributed by atoms with Crippen molar-refractivity contribution >= 4 is 29.0 Å². The predicted molar refractivity (Wildman–Crippen MR) is 72.7 cm³/mol. The standard InChI is InChI=1S/C11H16F2N2O2S2/c1-8-14-9(6-19-8)5-18-7-11(17)15(2-3-16)4-10(12)13/h6,10,16H,2-5,7H2,1H3. The van der Waals surface area contributed by atoms with Crippen molar-refractivity contribution in [1.82, 2.24) is 9.88 Å². The Labute approximate surface area is 118 Å². The summed E-state index contributed by atoms with van der Waals surface area (Å²) in [4.78, 5) is 16.9. The topological polar surface area (TPSA) is 53.4 Å². The van der Waals surface area contributed by atoms with Crippen LogP contribution in [0.3, 0.4) is 0 Å². The van der Waals surface area contributed by atoms with Gasteiger partial charge in [-0.05, 0) is 6.92 Å². The minimum absolute atomic E-state index is 0.0560. The summed E-state index contributed by atoms with van der Waals surface area (Å²) in [5.74, 6) is 0.312. The quantitative estimate of drug-likeness (QED) is 0.795. The number of halogens is 2. The molecule has 19 heavy (non-hydrogen) atoms. The molecule has 0 unspecified atom stereocenters. The van der Waals surface area contributed by atoms with Gasteiger partial charge in [-0.15, -0.1) is 23.1 Å². The third-order valence-corrected chi connectivity index (χ3v) is 4.00. The van der Waals surface area contributed by atoms with Crippen LogP contribution in [-0.2, 0) is 10.5 Å². The van der Waals surface area contributed by atoms with Crippen molar-refractivity contribution in [2.24, 2.45) is 0 Å². The molecule has 0 bridgehead atoms. The third-order valence-electron chi connectivity index (χ3n) is 2.22. The van der Waals surface area contributed by atoms with Crippen molar-refractivity contribution in [3.63, 3.8) is 0 Å². The number of rotatable bonds is 8. The van der Waals surface area contributed by atoms with Gasteiger partial charge in [-0.3, -0.25) is 4.79 Å². The molecule has 0 aliphatic carbocycles. The van der Waals surface area contributed by atoms with E-state index >= 15 is 0 Å². The Morgan fingerprint density at radius 2 is 2.37 bits per heavy atom.